The molecule has 0 aromatic heterocycles. The van der Waals surface area contributed by atoms with E-state index in [0.717, 1.165) is 57.3 Å². The number of hydrogen-bond acceptors (Lipinski definition) is 2. The minimum atomic E-state index is 0.0687. The van der Waals surface area contributed by atoms with E-state index in [0.29, 0.717) is 0 Å². The normalized spacial score (nSPS) is 30.5. The van der Waals surface area contributed by atoms with E-state index in [-0.39, 0.29) is 11.4 Å². The van der Waals surface area contributed by atoms with Crippen molar-refractivity contribution in [1.82, 2.24) is 10.2 Å². The molecular formula is C19H26N2O. The van der Waals surface area contributed by atoms with Gasteiger partial charge in [0, 0.05) is 30.7 Å². The van der Waals surface area contributed by atoms with Gasteiger partial charge in [-0.05, 0) is 62.1 Å². The van der Waals surface area contributed by atoms with Crippen molar-refractivity contribution in [3.05, 3.63) is 34.9 Å². The van der Waals surface area contributed by atoms with Gasteiger partial charge in [-0.3, -0.25) is 4.79 Å². The van der Waals surface area contributed by atoms with E-state index in [1.807, 2.05) is 6.07 Å². The fourth-order valence-electron chi connectivity index (χ4n) is 4.49. The Morgan fingerprint density at radius 1 is 1.00 bits per heavy atom. The first-order chi connectivity index (χ1) is 10.8. The number of carbonyl (C=O) groups is 1. The SMILES string of the molecule is O=C(NC12CCN(CC1)CC2)c1cccc2c1CCCCC2. The Balaban J connectivity index is 1.58. The van der Waals surface area contributed by atoms with Crippen LogP contribution < -0.4 is 5.32 Å². The fraction of sp³-hybridized carbons (Fsp3) is 0.632. The maximum atomic E-state index is 13.0. The molecule has 0 spiro atoms. The van der Waals surface area contributed by atoms with Gasteiger partial charge in [0.05, 0.1) is 0 Å². The molecule has 1 aliphatic carbocycles. The van der Waals surface area contributed by atoms with Crippen LogP contribution in [0.2, 0.25) is 0 Å². The first-order valence-corrected chi connectivity index (χ1v) is 8.91. The number of hydrogen-bond donors (Lipinski definition) is 1. The summed E-state index contributed by atoms with van der Waals surface area (Å²) in [5.74, 6) is 0.175. The zero-order chi connectivity index (χ0) is 15.0. The number of nitrogens with zero attached hydrogens (tertiary/aromatic N) is 1. The van der Waals surface area contributed by atoms with E-state index in [4.69, 9.17) is 0 Å². The number of amides is 1. The third-order valence-electron chi connectivity index (χ3n) is 5.99. The van der Waals surface area contributed by atoms with Crippen molar-refractivity contribution in [1.29, 1.82) is 0 Å². The lowest BCUT2D eigenvalue weighted by Crippen LogP contribution is -2.61. The zero-order valence-corrected chi connectivity index (χ0v) is 13.4. The number of benzene rings is 1. The van der Waals surface area contributed by atoms with Crippen molar-refractivity contribution in [3.8, 4) is 0 Å². The number of piperidine rings is 3. The van der Waals surface area contributed by atoms with Crippen molar-refractivity contribution >= 4 is 5.91 Å². The second-order valence-corrected chi connectivity index (χ2v) is 7.33. The molecule has 3 saturated heterocycles. The minimum absolute atomic E-state index is 0.0687. The topological polar surface area (TPSA) is 32.3 Å². The van der Waals surface area contributed by atoms with E-state index in [1.54, 1.807) is 0 Å². The van der Waals surface area contributed by atoms with Gasteiger partial charge < -0.3 is 10.2 Å². The molecule has 3 fully saturated rings. The van der Waals surface area contributed by atoms with Crippen LogP contribution in [0.4, 0.5) is 0 Å². The monoisotopic (exact) mass is 298 g/mol. The molecule has 0 unspecified atom stereocenters. The van der Waals surface area contributed by atoms with Crippen LogP contribution in [0, 0.1) is 0 Å². The summed E-state index contributed by atoms with van der Waals surface area (Å²) in [6.45, 7) is 3.44. The number of nitrogens with one attached hydrogen (secondary N) is 1. The average molecular weight is 298 g/mol. The van der Waals surface area contributed by atoms with Crippen molar-refractivity contribution in [2.24, 2.45) is 0 Å². The summed E-state index contributed by atoms with van der Waals surface area (Å²) in [6, 6.07) is 6.32. The molecule has 3 nitrogen and oxygen atoms in total. The maximum Gasteiger partial charge on any atom is 0.251 e. The van der Waals surface area contributed by atoms with E-state index in [1.165, 1.54) is 30.4 Å². The molecule has 0 radical (unpaired) electrons. The standard InChI is InChI=1S/C19H26N2O/c22-18(20-19-9-12-21(13-10-19)14-11-19)17-8-4-6-15-5-2-1-3-7-16(15)17/h4,6,8H,1-3,5,7,9-14H2,(H,20,22). The summed E-state index contributed by atoms with van der Waals surface area (Å²) < 4.78 is 0. The highest BCUT2D eigenvalue weighted by atomic mass is 16.1. The summed E-state index contributed by atoms with van der Waals surface area (Å²) in [4.78, 5) is 15.5. The molecule has 3 heteroatoms. The Bertz CT molecular complexity index is 559. The van der Waals surface area contributed by atoms with E-state index >= 15 is 0 Å². The van der Waals surface area contributed by atoms with Gasteiger partial charge in [0.25, 0.3) is 5.91 Å². The van der Waals surface area contributed by atoms with Gasteiger partial charge in [0.15, 0.2) is 0 Å². The van der Waals surface area contributed by atoms with Crippen LogP contribution in [0.1, 0.15) is 60.0 Å². The molecule has 1 N–H and O–H groups in total. The molecule has 1 amide bonds. The van der Waals surface area contributed by atoms with Gasteiger partial charge in [0.2, 0.25) is 0 Å². The summed E-state index contributed by atoms with van der Waals surface area (Å²) >= 11 is 0. The Morgan fingerprint density at radius 3 is 2.50 bits per heavy atom. The zero-order valence-electron chi connectivity index (χ0n) is 13.4. The van der Waals surface area contributed by atoms with Crippen molar-refractivity contribution in [2.75, 3.05) is 19.6 Å². The van der Waals surface area contributed by atoms with Gasteiger partial charge in [-0.25, -0.2) is 0 Å². The van der Waals surface area contributed by atoms with Crippen LogP contribution in [0.3, 0.4) is 0 Å². The van der Waals surface area contributed by atoms with Crippen LogP contribution in [-0.4, -0.2) is 36.0 Å². The number of carbonyl (C=O) groups excluding carboxylic acids is 1. The fourth-order valence-corrected chi connectivity index (χ4v) is 4.49. The highest BCUT2D eigenvalue weighted by Gasteiger charge is 2.40. The summed E-state index contributed by atoms with van der Waals surface area (Å²) in [5, 5.41) is 3.44. The maximum absolute atomic E-state index is 13.0. The van der Waals surface area contributed by atoms with Crippen molar-refractivity contribution < 1.29 is 4.79 Å². The Kier molecular flexibility index (Phi) is 3.69. The van der Waals surface area contributed by atoms with E-state index < -0.39 is 0 Å². The lowest BCUT2D eigenvalue weighted by Gasteiger charge is -2.48. The van der Waals surface area contributed by atoms with Gasteiger partial charge >= 0.3 is 0 Å². The molecule has 5 rings (SSSR count). The smallest absolute Gasteiger partial charge is 0.251 e. The Labute approximate surface area is 133 Å². The van der Waals surface area contributed by atoms with Gasteiger partial charge in [0.1, 0.15) is 0 Å². The lowest BCUT2D eigenvalue weighted by molar-refractivity contribution is 0.0515. The van der Waals surface area contributed by atoms with Gasteiger partial charge in [-0.2, -0.15) is 0 Å². The number of aryl methyl sites for hydroxylation is 1. The van der Waals surface area contributed by atoms with Gasteiger partial charge in [-0.1, -0.05) is 18.6 Å². The van der Waals surface area contributed by atoms with Crippen molar-refractivity contribution in [2.45, 2.75) is 56.9 Å². The minimum Gasteiger partial charge on any atom is -0.346 e. The summed E-state index contributed by atoms with van der Waals surface area (Å²) in [5.41, 5.74) is 3.74. The second kappa shape index (κ2) is 5.69. The molecule has 4 aliphatic rings. The molecular weight excluding hydrogens is 272 g/mol. The Morgan fingerprint density at radius 2 is 1.73 bits per heavy atom. The third kappa shape index (κ3) is 2.56. The number of rotatable bonds is 2. The molecule has 2 bridgehead atoms. The first kappa shape index (κ1) is 14.3. The van der Waals surface area contributed by atoms with Crippen LogP contribution in [-0.2, 0) is 12.8 Å². The molecule has 0 saturated carbocycles. The highest BCUT2D eigenvalue weighted by molar-refractivity contribution is 5.96. The van der Waals surface area contributed by atoms with Crippen LogP contribution in [0.25, 0.3) is 0 Å². The first-order valence-electron chi connectivity index (χ1n) is 8.91. The highest BCUT2D eigenvalue weighted by Crippen LogP contribution is 2.32. The van der Waals surface area contributed by atoms with Crippen LogP contribution in [0.15, 0.2) is 18.2 Å². The average Bonchev–Trinajstić information content (AvgIpc) is 2.81. The van der Waals surface area contributed by atoms with E-state index in [2.05, 4.69) is 22.3 Å². The quantitative estimate of drug-likeness (QED) is 0.852. The number of fused-ring (bicyclic) bond motifs is 4. The predicted octanol–water partition coefficient (Wildman–Crippen LogP) is 2.92. The van der Waals surface area contributed by atoms with E-state index in [9.17, 15) is 4.79 Å². The largest absolute Gasteiger partial charge is 0.346 e. The molecule has 0 atom stereocenters. The van der Waals surface area contributed by atoms with Crippen LogP contribution >= 0.6 is 0 Å². The molecule has 3 heterocycles. The van der Waals surface area contributed by atoms with Crippen LogP contribution in [0.5, 0.6) is 0 Å². The lowest BCUT2D eigenvalue weighted by atomic mass is 9.79. The van der Waals surface area contributed by atoms with Gasteiger partial charge in [-0.15, -0.1) is 0 Å². The molecule has 1 aromatic carbocycles. The molecule has 3 aliphatic heterocycles. The summed E-state index contributed by atoms with van der Waals surface area (Å²) in [6.07, 6.45) is 9.33. The predicted molar refractivity (Wildman–Crippen MR) is 88.2 cm³/mol. The molecule has 1 aromatic rings. The molecule has 22 heavy (non-hydrogen) atoms. The third-order valence-corrected chi connectivity index (χ3v) is 5.99. The molecule has 118 valence electrons. The second-order valence-electron chi connectivity index (χ2n) is 7.33. The summed E-state index contributed by atoms with van der Waals surface area (Å²) in [7, 11) is 0. The van der Waals surface area contributed by atoms with Crippen molar-refractivity contribution in [3.63, 3.8) is 0 Å². The Hall–Kier alpha value is -1.35.